The number of nitrogens with one attached hydrogen (secondary N) is 1. The molecule has 0 radical (unpaired) electrons. The van der Waals surface area contributed by atoms with Gasteiger partial charge in [-0.3, -0.25) is 10.1 Å². The molecule has 2 unspecified atom stereocenters. The molecule has 0 saturated heterocycles. The number of nitro benzene ring substituents is 1. The molecule has 0 aromatic heterocycles. The third-order valence-corrected chi connectivity index (χ3v) is 3.45. The fraction of sp³-hybridized carbons (Fsp3) is 0.500. The summed E-state index contributed by atoms with van der Waals surface area (Å²) in [6, 6.07) is 5.02. The molecule has 17 heavy (non-hydrogen) atoms. The first kappa shape index (κ1) is 13.9. The summed E-state index contributed by atoms with van der Waals surface area (Å²) in [4.78, 5) is 10.1. The third kappa shape index (κ3) is 3.68. The molecule has 5 heteroatoms. The number of hydrogen-bond acceptors (Lipinski definition) is 3. The molecule has 0 bridgehead atoms. The van der Waals surface area contributed by atoms with Crippen molar-refractivity contribution in [3.05, 3.63) is 38.9 Å². The molecule has 0 aliphatic heterocycles. The van der Waals surface area contributed by atoms with E-state index in [4.69, 9.17) is 11.6 Å². The lowest BCUT2D eigenvalue weighted by Crippen LogP contribution is -2.29. The number of nitrogens with zero attached hydrogens (tertiary/aromatic N) is 1. The topological polar surface area (TPSA) is 55.2 Å². The highest BCUT2D eigenvalue weighted by atomic mass is 35.5. The first-order valence-electron chi connectivity index (χ1n) is 5.55. The largest absolute Gasteiger partial charge is 0.317 e. The van der Waals surface area contributed by atoms with E-state index in [2.05, 4.69) is 19.2 Å². The average Bonchev–Trinajstić information content (AvgIpc) is 2.30. The van der Waals surface area contributed by atoms with Crippen molar-refractivity contribution in [2.24, 2.45) is 5.92 Å². The van der Waals surface area contributed by atoms with E-state index in [0.29, 0.717) is 17.0 Å². The van der Waals surface area contributed by atoms with Gasteiger partial charge in [0.05, 0.1) is 9.95 Å². The Morgan fingerprint density at radius 2 is 2.12 bits per heavy atom. The second-order valence-electron chi connectivity index (χ2n) is 4.29. The molecule has 0 fully saturated rings. The monoisotopic (exact) mass is 256 g/mol. The predicted octanol–water partition coefficient (Wildman–Crippen LogP) is 3.03. The SMILES string of the molecule is CNC(C)C(C)Cc1ccc([N+](=O)[O-])cc1Cl. The first-order valence-corrected chi connectivity index (χ1v) is 5.93. The van der Waals surface area contributed by atoms with E-state index < -0.39 is 4.92 Å². The maximum atomic E-state index is 10.6. The molecule has 2 atom stereocenters. The zero-order valence-corrected chi connectivity index (χ0v) is 11.0. The van der Waals surface area contributed by atoms with Crippen molar-refractivity contribution < 1.29 is 4.92 Å². The Labute approximate surface area is 106 Å². The van der Waals surface area contributed by atoms with E-state index in [1.54, 1.807) is 6.07 Å². The minimum atomic E-state index is -0.435. The van der Waals surface area contributed by atoms with Gasteiger partial charge in [0, 0.05) is 18.2 Å². The molecular weight excluding hydrogens is 240 g/mol. The normalized spacial score (nSPS) is 14.4. The molecule has 1 aromatic carbocycles. The molecule has 1 N–H and O–H groups in total. The Morgan fingerprint density at radius 3 is 2.59 bits per heavy atom. The highest BCUT2D eigenvalue weighted by molar-refractivity contribution is 6.31. The van der Waals surface area contributed by atoms with Gasteiger partial charge in [-0.25, -0.2) is 0 Å². The zero-order valence-electron chi connectivity index (χ0n) is 10.2. The van der Waals surface area contributed by atoms with Gasteiger partial charge in [-0.15, -0.1) is 0 Å². The highest BCUT2D eigenvalue weighted by Crippen LogP contribution is 2.25. The van der Waals surface area contributed by atoms with E-state index in [1.165, 1.54) is 12.1 Å². The number of rotatable bonds is 5. The molecule has 1 rings (SSSR count). The lowest BCUT2D eigenvalue weighted by Gasteiger charge is -2.19. The van der Waals surface area contributed by atoms with Crippen LogP contribution in [0, 0.1) is 16.0 Å². The van der Waals surface area contributed by atoms with Crippen LogP contribution < -0.4 is 5.32 Å². The Balaban J connectivity index is 2.82. The standard InChI is InChI=1S/C12H17ClN2O2/c1-8(9(2)14-3)6-10-4-5-11(15(16)17)7-12(10)13/h4-5,7-9,14H,6H2,1-3H3. The Morgan fingerprint density at radius 1 is 1.47 bits per heavy atom. The van der Waals surface area contributed by atoms with Gasteiger partial charge in [0.1, 0.15) is 0 Å². The Bertz CT molecular complexity index is 409. The molecule has 0 saturated carbocycles. The molecule has 94 valence electrons. The number of halogens is 1. The quantitative estimate of drug-likeness (QED) is 0.651. The summed E-state index contributed by atoms with van der Waals surface area (Å²) in [6.45, 7) is 4.23. The smallest absolute Gasteiger partial charge is 0.270 e. The summed E-state index contributed by atoms with van der Waals surface area (Å²) in [5, 5.41) is 14.2. The molecule has 0 aliphatic carbocycles. The number of hydrogen-bond donors (Lipinski definition) is 1. The van der Waals surface area contributed by atoms with E-state index >= 15 is 0 Å². The van der Waals surface area contributed by atoms with Gasteiger partial charge in [0.15, 0.2) is 0 Å². The van der Waals surface area contributed by atoms with Crippen molar-refractivity contribution in [2.75, 3.05) is 7.05 Å². The van der Waals surface area contributed by atoms with Crippen molar-refractivity contribution in [1.82, 2.24) is 5.32 Å². The number of benzene rings is 1. The predicted molar refractivity (Wildman–Crippen MR) is 69.5 cm³/mol. The van der Waals surface area contributed by atoms with Gasteiger partial charge in [0.2, 0.25) is 0 Å². The van der Waals surface area contributed by atoms with Crippen LogP contribution in [-0.4, -0.2) is 18.0 Å². The van der Waals surface area contributed by atoms with Crippen molar-refractivity contribution in [3.8, 4) is 0 Å². The van der Waals surface area contributed by atoms with Crippen LogP contribution >= 0.6 is 11.6 Å². The van der Waals surface area contributed by atoms with E-state index in [1.807, 2.05) is 7.05 Å². The van der Waals surface area contributed by atoms with Crippen LogP contribution in [0.15, 0.2) is 18.2 Å². The van der Waals surface area contributed by atoms with Crippen molar-refractivity contribution in [1.29, 1.82) is 0 Å². The molecule has 0 aliphatic rings. The second-order valence-corrected chi connectivity index (χ2v) is 4.70. The molecule has 0 heterocycles. The molecule has 4 nitrogen and oxygen atoms in total. The molecular formula is C12H17ClN2O2. The summed E-state index contributed by atoms with van der Waals surface area (Å²) in [7, 11) is 1.92. The second kappa shape index (κ2) is 5.98. The van der Waals surface area contributed by atoms with Crippen LogP contribution in [0.2, 0.25) is 5.02 Å². The maximum Gasteiger partial charge on any atom is 0.270 e. The van der Waals surface area contributed by atoms with Gasteiger partial charge >= 0.3 is 0 Å². The van der Waals surface area contributed by atoms with Crippen molar-refractivity contribution >= 4 is 17.3 Å². The Hall–Kier alpha value is -1.13. The maximum absolute atomic E-state index is 10.6. The minimum Gasteiger partial charge on any atom is -0.317 e. The van der Waals surface area contributed by atoms with Crippen LogP contribution in [-0.2, 0) is 6.42 Å². The molecule has 0 spiro atoms. The first-order chi connectivity index (χ1) is 7.95. The van der Waals surface area contributed by atoms with E-state index in [-0.39, 0.29) is 5.69 Å². The van der Waals surface area contributed by atoms with E-state index in [0.717, 1.165) is 12.0 Å². The summed E-state index contributed by atoms with van der Waals surface area (Å²) in [6.07, 6.45) is 0.804. The van der Waals surface area contributed by atoms with Crippen LogP contribution in [0.3, 0.4) is 0 Å². The summed E-state index contributed by atoms with van der Waals surface area (Å²) < 4.78 is 0. The van der Waals surface area contributed by atoms with Crippen LogP contribution in [0.25, 0.3) is 0 Å². The summed E-state index contributed by atoms with van der Waals surface area (Å²) in [5.74, 6) is 0.416. The number of nitro groups is 1. The average molecular weight is 257 g/mol. The highest BCUT2D eigenvalue weighted by Gasteiger charge is 2.14. The zero-order chi connectivity index (χ0) is 13.0. The summed E-state index contributed by atoms with van der Waals surface area (Å²) in [5.41, 5.74) is 0.986. The van der Waals surface area contributed by atoms with E-state index in [9.17, 15) is 10.1 Å². The van der Waals surface area contributed by atoms with Gasteiger partial charge in [-0.1, -0.05) is 24.6 Å². The third-order valence-electron chi connectivity index (χ3n) is 3.10. The number of non-ortho nitro benzene ring substituents is 1. The lowest BCUT2D eigenvalue weighted by atomic mass is 9.95. The fourth-order valence-electron chi connectivity index (χ4n) is 1.62. The van der Waals surface area contributed by atoms with Gasteiger partial charge in [-0.2, -0.15) is 0 Å². The van der Waals surface area contributed by atoms with Crippen molar-refractivity contribution in [3.63, 3.8) is 0 Å². The van der Waals surface area contributed by atoms with Crippen LogP contribution in [0.4, 0.5) is 5.69 Å². The Kier molecular flexibility index (Phi) is 4.90. The van der Waals surface area contributed by atoms with Gasteiger partial charge < -0.3 is 5.32 Å². The van der Waals surface area contributed by atoms with Crippen molar-refractivity contribution in [2.45, 2.75) is 26.3 Å². The van der Waals surface area contributed by atoms with Crippen LogP contribution in [0.1, 0.15) is 19.4 Å². The lowest BCUT2D eigenvalue weighted by molar-refractivity contribution is -0.384. The van der Waals surface area contributed by atoms with Gasteiger partial charge in [0.25, 0.3) is 5.69 Å². The minimum absolute atomic E-state index is 0.0352. The van der Waals surface area contributed by atoms with Crippen LogP contribution in [0.5, 0.6) is 0 Å². The summed E-state index contributed by atoms with van der Waals surface area (Å²) >= 11 is 6.04. The van der Waals surface area contributed by atoms with Gasteiger partial charge in [-0.05, 0) is 31.9 Å². The molecule has 1 aromatic rings. The fourth-order valence-corrected chi connectivity index (χ4v) is 1.88. The molecule has 0 amide bonds.